The molecule has 1 aromatic carbocycles. The smallest absolute Gasteiger partial charge is 0.145 e. The molecule has 15 heavy (non-hydrogen) atoms. The van der Waals surface area contributed by atoms with Crippen LogP contribution in [-0.4, -0.2) is 11.3 Å². The lowest BCUT2D eigenvalue weighted by atomic mass is 10.1. The number of H-pyrrole nitrogens is 1. The molecule has 0 amide bonds. The van der Waals surface area contributed by atoms with Gasteiger partial charge < -0.3 is 4.98 Å². The second-order valence-electron chi connectivity index (χ2n) is 3.44. The molecule has 0 unspecified atom stereocenters. The third kappa shape index (κ3) is 1.95. The molecule has 1 aromatic heterocycles. The van der Waals surface area contributed by atoms with Crippen molar-refractivity contribution < 1.29 is 4.79 Å². The summed E-state index contributed by atoms with van der Waals surface area (Å²) < 4.78 is 0. The molecule has 76 valence electrons. The Kier molecular flexibility index (Phi) is 2.60. The fraction of sp³-hybridized carbons (Fsp3) is 0.0833. The number of allylic oxidation sites excluding steroid dienone is 1. The van der Waals surface area contributed by atoms with E-state index in [1.54, 1.807) is 6.92 Å². The lowest BCUT2D eigenvalue weighted by Gasteiger charge is -1.93. The molecule has 0 bridgehead atoms. The molecule has 3 heteroatoms. The molecule has 0 saturated carbocycles. The Morgan fingerprint density at radius 3 is 3.00 bits per heavy atom. The third-order valence-electron chi connectivity index (χ3n) is 2.24. The second kappa shape index (κ2) is 3.91. The molecular weight excluding hydrogens is 210 g/mol. The number of rotatable bonds is 2. The number of benzene rings is 1. The summed E-state index contributed by atoms with van der Waals surface area (Å²) in [6, 6.07) is 5.65. The van der Waals surface area contributed by atoms with Crippen molar-refractivity contribution >= 4 is 34.9 Å². The van der Waals surface area contributed by atoms with E-state index in [2.05, 4.69) is 4.98 Å². The summed E-state index contributed by atoms with van der Waals surface area (Å²) in [6.07, 6.45) is 4.56. The monoisotopic (exact) mass is 219 g/mol. The van der Waals surface area contributed by atoms with Crippen molar-refractivity contribution in [2.75, 3.05) is 0 Å². The van der Waals surface area contributed by atoms with Gasteiger partial charge in [-0.25, -0.2) is 0 Å². The lowest BCUT2D eigenvalue weighted by Crippen LogP contribution is -1.76. The number of aldehydes is 1. The fourth-order valence-corrected chi connectivity index (χ4v) is 1.69. The molecular formula is C12H10ClNO. The molecule has 2 aromatic rings. The Labute approximate surface area is 92.6 Å². The van der Waals surface area contributed by atoms with E-state index in [1.165, 1.54) is 0 Å². The summed E-state index contributed by atoms with van der Waals surface area (Å²) in [4.78, 5) is 13.6. The minimum atomic E-state index is 0.700. The number of aromatic amines is 1. The Morgan fingerprint density at radius 2 is 2.27 bits per heavy atom. The first-order valence-electron chi connectivity index (χ1n) is 4.61. The van der Waals surface area contributed by atoms with E-state index in [0.29, 0.717) is 10.6 Å². The normalized spacial score (nSPS) is 12.0. The van der Waals surface area contributed by atoms with Gasteiger partial charge in [-0.2, -0.15) is 0 Å². The second-order valence-corrected chi connectivity index (χ2v) is 3.88. The highest BCUT2D eigenvalue weighted by atomic mass is 35.5. The largest absolute Gasteiger partial charge is 0.361 e. The van der Waals surface area contributed by atoms with Crippen molar-refractivity contribution in [3.8, 4) is 0 Å². The van der Waals surface area contributed by atoms with Gasteiger partial charge in [-0.05, 0) is 30.7 Å². The van der Waals surface area contributed by atoms with Crippen LogP contribution in [0.5, 0.6) is 0 Å². The number of carbonyl (C=O) groups excluding carboxylic acids is 1. The van der Waals surface area contributed by atoms with E-state index in [4.69, 9.17) is 11.6 Å². The minimum absolute atomic E-state index is 0.700. The molecule has 0 aliphatic rings. The molecule has 0 aliphatic heterocycles. The van der Waals surface area contributed by atoms with Crippen LogP contribution in [0, 0.1) is 0 Å². The van der Waals surface area contributed by atoms with E-state index in [9.17, 15) is 4.79 Å². The predicted molar refractivity (Wildman–Crippen MR) is 63.0 cm³/mol. The van der Waals surface area contributed by atoms with Gasteiger partial charge in [-0.3, -0.25) is 4.79 Å². The molecule has 1 heterocycles. The van der Waals surface area contributed by atoms with Crippen LogP contribution in [0.1, 0.15) is 12.5 Å². The summed E-state index contributed by atoms with van der Waals surface area (Å²) in [6.45, 7) is 1.78. The summed E-state index contributed by atoms with van der Waals surface area (Å²) in [5.74, 6) is 0. The Bertz CT molecular complexity index is 540. The quantitative estimate of drug-likeness (QED) is 0.609. The van der Waals surface area contributed by atoms with Crippen molar-refractivity contribution in [1.29, 1.82) is 0 Å². The Morgan fingerprint density at radius 1 is 1.47 bits per heavy atom. The molecule has 0 saturated heterocycles. The van der Waals surface area contributed by atoms with Gasteiger partial charge in [-0.1, -0.05) is 17.7 Å². The topological polar surface area (TPSA) is 32.9 Å². The SMILES string of the molecule is C/C(C=O)=C/c1c[nH]c2cc(Cl)ccc12. The van der Waals surface area contributed by atoms with Gasteiger partial charge in [-0.15, -0.1) is 0 Å². The van der Waals surface area contributed by atoms with Crippen LogP contribution < -0.4 is 0 Å². The van der Waals surface area contributed by atoms with Crippen LogP contribution in [0.3, 0.4) is 0 Å². The predicted octanol–water partition coefficient (Wildman–Crippen LogP) is 3.42. The van der Waals surface area contributed by atoms with E-state index in [0.717, 1.165) is 22.8 Å². The summed E-state index contributed by atoms with van der Waals surface area (Å²) in [7, 11) is 0. The lowest BCUT2D eigenvalue weighted by molar-refractivity contribution is -0.104. The molecule has 0 radical (unpaired) electrons. The van der Waals surface area contributed by atoms with Gasteiger partial charge in [0.25, 0.3) is 0 Å². The molecule has 2 nitrogen and oxygen atoms in total. The third-order valence-corrected chi connectivity index (χ3v) is 2.48. The molecule has 1 N–H and O–H groups in total. The number of hydrogen-bond acceptors (Lipinski definition) is 1. The zero-order chi connectivity index (χ0) is 10.8. The van der Waals surface area contributed by atoms with Gasteiger partial charge in [0.1, 0.15) is 6.29 Å². The van der Waals surface area contributed by atoms with Crippen LogP contribution in [0.15, 0.2) is 30.0 Å². The zero-order valence-electron chi connectivity index (χ0n) is 8.25. The first-order chi connectivity index (χ1) is 7.20. The maximum Gasteiger partial charge on any atom is 0.145 e. The highest BCUT2D eigenvalue weighted by Gasteiger charge is 2.01. The van der Waals surface area contributed by atoms with E-state index >= 15 is 0 Å². The minimum Gasteiger partial charge on any atom is -0.361 e. The fourth-order valence-electron chi connectivity index (χ4n) is 1.52. The van der Waals surface area contributed by atoms with Crippen LogP contribution in [-0.2, 0) is 4.79 Å². The standard InChI is InChI=1S/C12H10ClNO/c1-8(7-15)4-9-6-14-12-5-10(13)2-3-11(9)12/h2-7,14H,1H3/b8-4-. The van der Waals surface area contributed by atoms with Gasteiger partial charge in [0.2, 0.25) is 0 Å². The first-order valence-corrected chi connectivity index (χ1v) is 4.98. The first kappa shape index (κ1) is 9.99. The van der Waals surface area contributed by atoms with Gasteiger partial charge in [0.05, 0.1) is 0 Å². The highest BCUT2D eigenvalue weighted by Crippen LogP contribution is 2.23. The maximum absolute atomic E-state index is 10.5. The van der Waals surface area contributed by atoms with Gasteiger partial charge in [0.15, 0.2) is 0 Å². The number of fused-ring (bicyclic) bond motifs is 1. The van der Waals surface area contributed by atoms with Gasteiger partial charge in [0, 0.05) is 27.7 Å². The van der Waals surface area contributed by atoms with Gasteiger partial charge >= 0.3 is 0 Å². The maximum atomic E-state index is 10.5. The van der Waals surface area contributed by atoms with E-state index < -0.39 is 0 Å². The van der Waals surface area contributed by atoms with Crippen molar-refractivity contribution in [3.63, 3.8) is 0 Å². The summed E-state index contributed by atoms with van der Waals surface area (Å²) in [5, 5.41) is 1.77. The van der Waals surface area contributed by atoms with E-state index in [-0.39, 0.29) is 0 Å². The number of halogens is 1. The molecule has 0 atom stereocenters. The van der Waals surface area contributed by atoms with Crippen LogP contribution >= 0.6 is 11.6 Å². The Balaban J connectivity index is 2.59. The van der Waals surface area contributed by atoms with Crippen LogP contribution in [0.25, 0.3) is 17.0 Å². The number of nitrogens with one attached hydrogen (secondary N) is 1. The summed E-state index contributed by atoms with van der Waals surface area (Å²) >= 11 is 5.87. The highest BCUT2D eigenvalue weighted by molar-refractivity contribution is 6.31. The average Bonchev–Trinajstić information content (AvgIpc) is 2.60. The Hall–Kier alpha value is -1.54. The van der Waals surface area contributed by atoms with Crippen molar-refractivity contribution in [2.24, 2.45) is 0 Å². The van der Waals surface area contributed by atoms with Crippen LogP contribution in [0.2, 0.25) is 5.02 Å². The average molecular weight is 220 g/mol. The van der Waals surface area contributed by atoms with Crippen molar-refractivity contribution in [2.45, 2.75) is 6.92 Å². The number of hydrogen-bond donors (Lipinski definition) is 1. The van der Waals surface area contributed by atoms with E-state index in [1.807, 2.05) is 30.5 Å². The summed E-state index contributed by atoms with van der Waals surface area (Å²) in [5.41, 5.74) is 2.68. The van der Waals surface area contributed by atoms with Crippen molar-refractivity contribution in [1.82, 2.24) is 4.98 Å². The molecule has 0 aliphatic carbocycles. The molecule has 0 spiro atoms. The molecule has 0 fully saturated rings. The van der Waals surface area contributed by atoms with Crippen LogP contribution in [0.4, 0.5) is 0 Å². The number of aromatic nitrogens is 1. The molecule has 2 rings (SSSR count). The van der Waals surface area contributed by atoms with Crippen molar-refractivity contribution in [3.05, 3.63) is 40.6 Å². The zero-order valence-corrected chi connectivity index (χ0v) is 9.01. The number of carbonyl (C=O) groups is 1.